The molecule has 0 atom stereocenters. The molecule has 1 aromatic heterocycles. The van der Waals surface area contributed by atoms with E-state index in [0.717, 1.165) is 5.39 Å². The number of benzene rings is 2. The van der Waals surface area contributed by atoms with Crippen LogP contribution in [-0.2, 0) is 7.05 Å². The molecule has 5 nitrogen and oxygen atoms in total. The zero-order valence-electron chi connectivity index (χ0n) is 12.3. The molecule has 0 aliphatic carbocycles. The van der Waals surface area contributed by atoms with E-state index in [0.29, 0.717) is 28.4 Å². The van der Waals surface area contributed by atoms with Crippen molar-refractivity contribution in [3.63, 3.8) is 0 Å². The topological polar surface area (TPSA) is 52.5 Å². The van der Waals surface area contributed by atoms with Crippen LogP contribution in [0.3, 0.4) is 0 Å². The van der Waals surface area contributed by atoms with Gasteiger partial charge in [0.15, 0.2) is 11.5 Å². The van der Waals surface area contributed by atoms with Crippen molar-refractivity contribution >= 4 is 22.5 Å². The zero-order valence-corrected chi connectivity index (χ0v) is 12.3. The molecule has 0 saturated carbocycles. The first kappa shape index (κ1) is 13.6. The average molecular weight is 312 g/mol. The molecule has 6 heteroatoms. The van der Waals surface area contributed by atoms with Crippen LogP contribution >= 0.6 is 0 Å². The molecule has 1 aliphatic heterocycles. The molecular weight excluding hydrogens is 299 g/mol. The summed E-state index contributed by atoms with van der Waals surface area (Å²) < 4.78 is 25.6. The molecule has 4 rings (SSSR count). The minimum absolute atomic E-state index is 0.182. The summed E-state index contributed by atoms with van der Waals surface area (Å²) in [4.78, 5) is 12.5. The maximum atomic E-state index is 13.4. The van der Waals surface area contributed by atoms with Crippen molar-refractivity contribution < 1.29 is 18.7 Å². The minimum Gasteiger partial charge on any atom is -0.454 e. The number of nitrogens with one attached hydrogen (secondary N) is 1. The predicted octanol–water partition coefficient (Wildman–Crippen LogP) is 3.30. The van der Waals surface area contributed by atoms with Crippen molar-refractivity contribution in [1.29, 1.82) is 0 Å². The highest BCUT2D eigenvalue weighted by Gasteiger charge is 2.17. The van der Waals surface area contributed by atoms with E-state index < -0.39 is 0 Å². The first-order valence-corrected chi connectivity index (χ1v) is 7.08. The molecular formula is C17H13FN2O3. The molecule has 2 aromatic carbocycles. The highest BCUT2D eigenvalue weighted by Crippen LogP contribution is 2.34. The Bertz CT molecular complexity index is 933. The monoisotopic (exact) mass is 312 g/mol. The number of rotatable bonds is 2. The lowest BCUT2D eigenvalue weighted by Crippen LogP contribution is -2.15. The van der Waals surface area contributed by atoms with Crippen LogP contribution in [0.4, 0.5) is 10.1 Å². The molecule has 23 heavy (non-hydrogen) atoms. The summed E-state index contributed by atoms with van der Waals surface area (Å²) in [6.07, 6.45) is 0. The lowest BCUT2D eigenvalue weighted by atomic mass is 10.2. The van der Waals surface area contributed by atoms with Gasteiger partial charge in [-0.2, -0.15) is 0 Å². The summed E-state index contributed by atoms with van der Waals surface area (Å²) in [7, 11) is 1.73. The molecule has 0 bridgehead atoms. The Morgan fingerprint density at radius 2 is 1.96 bits per heavy atom. The molecule has 0 spiro atoms. The van der Waals surface area contributed by atoms with Gasteiger partial charge in [-0.15, -0.1) is 0 Å². The van der Waals surface area contributed by atoms with Crippen LogP contribution < -0.4 is 14.8 Å². The fraction of sp³-hybridized carbons (Fsp3) is 0.118. The van der Waals surface area contributed by atoms with Crippen LogP contribution in [0.1, 0.15) is 10.5 Å². The van der Waals surface area contributed by atoms with Crippen molar-refractivity contribution in [3.05, 3.63) is 54.0 Å². The van der Waals surface area contributed by atoms with E-state index in [2.05, 4.69) is 5.32 Å². The fourth-order valence-electron chi connectivity index (χ4n) is 2.69. The number of aromatic nitrogens is 1. The number of carbonyl (C=O) groups is 1. The number of aryl methyl sites for hydroxylation is 1. The summed E-state index contributed by atoms with van der Waals surface area (Å²) in [6, 6.07) is 11.4. The smallest absolute Gasteiger partial charge is 0.272 e. The normalized spacial score (nSPS) is 12.6. The zero-order chi connectivity index (χ0) is 16.0. The molecule has 0 fully saturated rings. The Kier molecular flexibility index (Phi) is 2.97. The van der Waals surface area contributed by atoms with Crippen LogP contribution in [0, 0.1) is 5.82 Å². The molecule has 2 heterocycles. The Balaban J connectivity index is 1.65. The van der Waals surface area contributed by atoms with Crippen molar-refractivity contribution in [1.82, 2.24) is 4.57 Å². The number of halogens is 1. The number of nitrogens with zero attached hydrogens (tertiary/aromatic N) is 1. The number of ether oxygens (including phenoxy) is 2. The third-order valence-electron chi connectivity index (χ3n) is 3.87. The van der Waals surface area contributed by atoms with Gasteiger partial charge in [-0.25, -0.2) is 4.39 Å². The number of fused-ring (bicyclic) bond motifs is 2. The number of hydrogen-bond acceptors (Lipinski definition) is 3. The largest absolute Gasteiger partial charge is 0.454 e. The molecule has 0 radical (unpaired) electrons. The second-order valence-electron chi connectivity index (χ2n) is 5.31. The van der Waals surface area contributed by atoms with E-state index in [4.69, 9.17) is 9.47 Å². The van der Waals surface area contributed by atoms with Gasteiger partial charge in [0.2, 0.25) is 6.79 Å². The van der Waals surface area contributed by atoms with Gasteiger partial charge < -0.3 is 19.4 Å². The quantitative estimate of drug-likeness (QED) is 0.790. The van der Waals surface area contributed by atoms with Crippen LogP contribution in [0.25, 0.3) is 10.9 Å². The van der Waals surface area contributed by atoms with Gasteiger partial charge in [0.05, 0.1) is 5.52 Å². The van der Waals surface area contributed by atoms with Crippen molar-refractivity contribution in [3.8, 4) is 11.5 Å². The third kappa shape index (κ3) is 2.28. The van der Waals surface area contributed by atoms with Crippen LogP contribution in [0.2, 0.25) is 0 Å². The highest BCUT2D eigenvalue weighted by atomic mass is 19.1. The first-order valence-electron chi connectivity index (χ1n) is 7.08. The molecule has 3 aromatic rings. The maximum absolute atomic E-state index is 13.4. The summed E-state index contributed by atoms with van der Waals surface area (Å²) in [5.41, 5.74) is 1.72. The Morgan fingerprint density at radius 3 is 2.83 bits per heavy atom. The number of hydrogen-bond donors (Lipinski definition) is 1. The number of amides is 1. The van der Waals surface area contributed by atoms with Gasteiger partial charge in [-0.1, -0.05) is 0 Å². The molecule has 0 saturated heterocycles. The minimum atomic E-state index is -0.332. The standard InChI is InChI=1S/C17H13FN2O3/c1-20-13-7-11(18)3-2-10(13)6-14(20)17(21)19-12-4-5-15-16(8-12)23-9-22-15/h2-8H,9H2,1H3,(H,19,21). The van der Waals surface area contributed by atoms with Crippen molar-refractivity contribution in [2.75, 3.05) is 12.1 Å². The van der Waals surface area contributed by atoms with E-state index in [1.165, 1.54) is 12.1 Å². The predicted molar refractivity (Wildman–Crippen MR) is 83.4 cm³/mol. The Hall–Kier alpha value is -3.02. The summed E-state index contributed by atoms with van der Waals surface area (Å²) in [5.74, 6) is 0.648. The average Bonchev–Trinajstić information content (AvgIpc) is 3.12. The van der Waals surface area contributed by atoms with Crippen LogP contribution in [0.15, 0.2) is 42.5 Å². The van der Waals surface area contributed by atoms with Gasteiger partial charge in [0, 0.05) is 24.2 Å². The summed E-state index contributed by atoms with van der Waals surface area (Å²) in [5, 5.41) is 3.63. The van der Waals surface area contributed by atoms with Gasteiger partial charge in [0.1, 0.15) is 11.5 Å². The third-order valence-corrected chi connectivity index (χ3v) is 3.87. The lowest BCUT2D eigenvalue weighted by molar-refractivity contribution is 0.101. The number of anilines is 1. The lowest BCUT2D eigenvalue weighted by Gasteiger charge is -2.07. The molecule has 1 amide bonds. The van der Waals surface area contributed by atoms with Gasteiger partial charge in [-0.3, -0.25) is 4.79 Å². The molecule has 0 unspecified atom stereocenters. The van der Waals surface area contributed by atoms with Gasteiger partial charge in [-0.05, 0) is 36.4 Å². The van der Waals surface area contributed by atoms with E-state index in [1.54, 1.807) is 41.9 Å². The van der Waals surface area contributed by atoms with Crippen LogP contribution in [0.5, 0.6) is 11.5 Å². The van der Waals surface area contributed by atoms with Crippen molar-refractivity contribution in [2.24, 2.45) is 7.05 Å². The van der Waals surface area contributed by atoms with Crippen LogP contribution in [-0.4, -0.2) is 17.3 Å². The summed E-state index contributed by atoms with van der Waals surface area (Å²) >= 11 is 0. The van der Waals surface area contributed by atoms with Gasteiger partial charge in [0.25, 0.3) is 5.91 Å². The number of carbonyl (C=O) groups excluding carboxylic acids is 1. The first-order chi connectivity index (χ1) is 11.1. The maximum Gasteiger partial charge on any atom is 0.272 e. The molecule has 1 N–H and O–H groups in total. The Morgan fingerprint density at radius 1 is 1.13 bits per heavy atom. The SMILES string of the molecule is Cn1c(C(=O)Nc2ccc3c(c2)OCO3)cc2ccc(F)cc21. The highest BCUT2D eigenvalue weighted by molar-refractivity contribution is 6.06. The second-order valence-corrected chi connectivity index (χ2v) is 5.31. The molecule has 116 valence electrons. The van der Waals surface area contributed by atoms with E-state index in [-0.39, 0.29) is 18.5 Å². The fourth-order valence-corrected chi connectivity index (χ4v) is 2.69. The Labute approximate surface area is 131 Å². The van der Waals surface area contributed by atoms with E-state index in [9.17, 15) is 9.18 Å². The second kappa shape index (κ2) is 5.01. The van der Waals surface area contributed by atoms with E-state index >= 15 is 0 Å². The molecule has 1 aliphatic rings. The van der Waals surface area contributed by atoms with Gasteiger partial charge >= 0.3 is 0 Å². The van der Waals surface area contributed by atoms with E-state index in [1.807, 2.05) is 0 Å². The summed E-state index contributed by atoms with van der Waals surface area (Å²) in [6.45, 7) is 0.182. The van der Waals surface area contributed by atoms with Crippen molar-refractivity contribution in [2.45, 2.75) is 0 Å².